The van der Waals surface area contributed by atoms with Crippen LogP contribution in [0.1, 0.15) is 5.69 Å². The molecule has 0 amide bonds. The van der Waals surface area contributed by atoms with Crippen molar-refractivity contribution in [2.45, 2.75) is 11.1 Å². The van der Waals surface area contributed by atoms with Crippen molar-refractivity contribution in [3.63, 3.8) is 0 Å². The maximum atomic E-state index is 11.2. The van der Waals surface area contributed by atoms with Crippen molar-refractivity contribution in [3.8, 4) is 10.6 Å². The van der Waals surface area contributed by atoms with Gasteiger partial charge in [0.25, 0.3) is 9.05 Å². The third-order valence-corrected chi connectivity index (χ3v) is 5.27. The molecule has 2 rings (SSSR count). The molecular weight excluding hydrogens is 268 g/mol. The predicted octanol–water partition coefficient (Wildman–Crippen LogP) is 2.44. The summed E-state index contributed by atoms with van der Waals surface area (Å²) in [7, 11) is 1.58. The van der Waals surface area contributed by atoms with Crippen LogP contribution in [0.15, 0.2) is 28.7 Å². The Hall–Kier alpha value is -0.980. The van der Waals surface area contributed by atoms with Crippen LogP contribution in [0, 0.1) is 6.92 Å². The van der Waals surface area contributed by atoms with Crippen LogP contribution in [0.2, 0.25) is 0 Å². The number of nitrogens with zero attached hydrogens (tertiary/aromatic N) is 2. The summed E-state index contributed by atoms with van der Waals surface area (Å²) in [5, 5.41) is 0.602. The van der Waals surface area contributed by atoms with Crippen molar-refractivity contribution in [1.29, 1.82) is 0 Å². The molecule has 2 aromatic heterocycles. The molecule has 0 fully saturated rings. The van der Waals surface area contributed by atoms with Gasteiger partial charge < -0.3 is 0 Å². The minimum Gasteiger partial charge on any atom is -0.264 e. The largest absolute Gasteiger partial charge is 0.272 e. The fourth-order valence-electron chi connectivity index (χ4n) is 1.22. The molecule has 2 heterocycles. The highest BCUT2D eigenvalue weighted by molar-refractivity contribution is 8.15. The van der Waals surface area contributed by atoms with Gasteiger partial charge in [0.15, 0.2) is 4.21 Å². The van der Waals surface area contributed by atoms with Crippen LogP contribution < -0.4 is 0 Å². The van der Waals surface area contributed by atoms with E-state index in [0.29, 0.717) is 10.7 Å². The van der Waals surface area contributed by atoms with Gasteiger partial charge in [-0.15, -0.1) is 11.3 Å². The Bertz CT molecular complexity index is 608. The Morgan fingerprint density at radius 2 is 2.19 bits per heavy atom. The van der Waals surface area contributed by atoms with Crippen molar-refractivity contribution in [2.75, 3.05) is 0 Å². The van der Waals surface area contributed by atoms with E-state index in [4.69, 9.17) is 10.7 Å². The minimum atomic E-state index is -3.71. The summed E-state index contributed by atoms with van der Waals surface area (Å²) in [6, 6.07) is 3.58. The average Bonchev–Trinajstić information content (AvgIpc) is 2.61. The number of halogens is 1. The van der Waals surface area contributed by atoms with Crippen molar-refractivity contribution < 1.29 is 8.42 Å². The molecule has 0 radical (unpaired) electrons. The molecule has 0 unspecified atom stereocenters. The maximum absolute atomic E-state index is 11.2. The summed E-state index contributed by atoms with van der Waals surface area (Å²) < 4.78 is 22.5. The summed E-state index contributed by atoms with van der Waals surface area (Å²) in [5.74, 6) is 0. The van der Waals surface area contributed by atoms with Crippen LogP contribution in [0.5, 0.6) is 0 Å². The van der Waals surface area contributed by atoms with Crippen LogP contribution >= 0.6 is 22.0 Å². The summed E-state index contributed by atoms with van der Waals surface area (Å²) in [5.41, 5.74) is 1.20. The number of rotatable bonds is 2. The molecule has 0 bridgehead atoms. The first-order chi connectivity index (χ1) is 7.48. The predicted molar refractivity (Wildman–Crippen MR) is 63.1 cm³/mol. The molecule has 0 aliphatic carbocycles. The van der Waals surface area contributed by atoms with Gasteiger partial charge in [-0.2, -0.15) is 0 Å². The van der Waals surface area contributed by atoms with E-state index in [1.165, 1.54) is 0 Å². The number of hydrogen-bond donors (Lipinski definition) is 0. The van der Waals surface area contributed by atoms with E-state index in [-0.39, 0.29) is 4.21 Å². The van der Waals surface area contributed by atoms with Gasteiger partial charge in [-0.25, -0.2) is 13.4 Å². The van der Waals surface area contributed by atoms with Crippen LogP contribution in [-0.4, -0.2) is 18.4 Å². The standard InChI is InChI=1S/C9H7ClN2O2S2/c1-6-9(16(10,13)14)15-8(12-6)7-3-2-4-11-5-7/h2-5H,1H3. The van der Waals surface area contributed by atoms with Gasteiger partial charge in [0.05, 0.1) is 5.69 Å². The Morgan fingerprint density at radius 3 is 2.69 bits per heavy atom. The smallest absolute Gasteiger partial charge is 0.264 e. The molecule has 0 aromatic carbocycles. The lowest BCUT2D eigenvalue weighted by Crippen LogP contribution is -1.88. The van der Waals surface area contributed by atoms with Crippen molar-refractivity contribution in [3.05, 3.63) is 30.2 Å². The summed E-state index contributed by atoms with van der Waals surface area (Å²) in [6.07, 6.45) is 3.27. The Kier molecular flexibility index (Phi) is 2.96. The highest BCUT2D eigenvalue weighted by Crippen LogP contribution is 2.32. The topological polar surface area (TPSA) is 59.9 Å². The number of pyridine rings is 1. The maximum Gasteiger partial charge on any atom is 0.272 e. The van der Waals surface area contributed by atoms with E-state index < -0.39 is 9.05 Å². The second kappa shape index (κ2) is 4.12. The van der Waals surface area contributed by atoms with E-state index in [9.17, 15) is 8.42 Å². The fourth-order valence-corrected chi connectivity index (χ4v) is 3.66. The summed E-state index contributed by atoms with van der Waals surface area (Å²) >= 11 is 1.05. The lowest BCUT2D eigenvalue weighted by atomic mass is 10.3. The van der Waals surface area contributed by atoms with Gasteiger partial charge in [0.1, 0.15) is 5.01 Å². The van der Waals surface area contributed by atoms with Crippen molar-refractivity contribution in [2.24, 2.45) is 0 Å². The number of thiazole rings is 1. The van der Waals surface area contributed by atoms with Crippen molar-refractivity contribution in [1.82, 2.24) is 9.97 Å². The molecule has 4 nitrogen and oxygen atoms in total. The van der Waals surface area contributed by atoms with Crippen LogP contribution in [-0.2, 0) is 9.05 Å². The average molecular weight is 275 g/mol. The second-order valence-corrected chi connectivity index (χ2v) is 6.83. The zero-order chi connectivity index (χ0) is 11.8. The summed E-state index contributed by atoms with van der Waals surface area (Å²) in [4.78, 5) is 8.11. The fraction of sp³-hybridized carbons (Fsp3) is 0.111. The van der Waals surface area contributed by atoms with Gasteiger partial charge >= 0.3 is 0 Å². The van der Waals surface area contributed by atoms with Gasteiger partial charge in [0, 0.05) is 28.6 Å². The Morgan fingerprint density at radius 1 is 1.44 bits per heavy atom. The molecule has 84 valence electrons. The molecule has 0 saturated carbocycles. The number of hydrogen-bond acceptors (Lipinski definition) is 5. The summed E-state index contributed by atoms with van der Waals surface area (Å²) in [6.45, 7) is 1.62. The molecule has 7 heteroatoms. The number of aromatic nitrogens is 2. The highest BCUT2D eigenvalue weighted by Gasteiger charge is 2.19. The lowest BCUT2D eigenvalue weighted by molar-refractivity contribution is 0.610. The van der Waals surface area contributed by atoms with E-state index in [0.717, 1.165) is 16.9 Å². The van der Waals surface area contributed by atoms with Gasteiger partial charge in [-0.05, 0) is 19.1 Å². The van der Waals surface area contributed by atoms with E-state index >= 15 is 0 Å². The first-order valence-electron chi connectivity index (χ1n) is 4.31. The zero-order valence-electron chi connectivity index (χ0n) is 8.21. The van der Waals surface area contributed by atoms with Crippen LogP contribution in [0.4, 0.5) is 0 Å². The van der Waals surface area contributed by atoms with Gasteiger partial charge in [0.2, 0.25) is 0 Å². The molecular formula is C9H7ClN2O2S2. The highest BCUT2D eigenvalue weighted by atomic mass is 35.7. The van der Waals surface area contributed by atoms with Crippen molar-refractivity contribution >= 4 is 31.1 Å². The van der Waals surface area contributed by atoms with E-state index in [1.807, 2.05) is 6.07 Å². The molecule has 0 N–H and O–H groups in total. The zero-order valence-corrected chi connectivity index (χ0v) is 10.6. The second-order valence-electron chi connectivity index (χ2n) is 3.07. The minimum absolute atomic E-state index is 0.0908. The Labute approximate surface area is 101 Å². The quantitative estimate of drug-likeness (QED) is 0.789. The first kappa shape index (κ1) is 11.5. The SMILES string of the molecule is Cc1nc(-c2cccnc2)sc1S(=O)(=O)Cl. The van der Waals surface area contributed by atoms with Crippen LogP contribution in [0.3, 0.4) is 0 Å². The van der Waals surface area contributed by atoms with Crippen LogP contribution in [0.25, 0.3) is 10.6 Å². The third-order valence-electron chi connectivity index (χ3n) is 1.88. The number of aryl methyl sites for hydroxylation is 1. The Balaban J connectivity index is 2.55. The molecule has 0 spiro atoms. The first-order valence-corrected chi connectivity index (χ1v) is 7.43. The van der Waals surface area contributed by atoms with E-state index in [1.54, 1.807) is 25.4 Å². The van der Waals surface area contributed by atoms with Gasteiger partial charge in [-0.3, -0.25) is 4.98 Å². The molecule has 0 atom stereocenters. The molecule has 16 heavy (non-hydrogen) atoms. The molecule has 0 saturated heterocycles. The normalized spacial score (nSPS) is 11.6. The molecule has 2 aromatic rings. The monoisotopic (exact) mass is 274 g/mol. The molecule has 0 aliphatic rings. The van der Waals surface area contributed by atoms with E-state index in [2.05, 4.69) is 9.97 Å². The molecule has 0 aliphatic heterocycles. The van der Waals surface area contributed by atoms with Gasteiger partial charge in [-0.1, -0.05) is 0 Å². The lowest BCUT2D eigenvalue weighted by Gasteiger charge is -1.91. The third kappa shape index (κ3) is 2.23.